The van der Waals surface area contributed by atoms with Gasteiger partial charge in [-0.25, -0.2) is 9.97 Å². The largest absolute Gasteiger partial charge is 0.481 e. The topological polar surface area (TPSA) is 92.9 Å². The molecule has 0 atom stereocenters. The second kappa shape index (κ2) is 4.59. The first kappa shape index (κ1) is 12.6. The molecule has 7 heteroatoms. The Kier molecular flexibility index (Phi) is 2.89. The van der Waals surface area contributed by atoms with Crippen LogP contribution < -0.4 is 5.32 Å². The molecule has 0 amide bonds. The average Bonchev–Trinajstić information content (AvgIpc) is 3.13. The van der Waals surface area contributed by atoms with E-state index in [2.05, 4.69) is 20.3 Å². The molecule has 1 saturated carbocycles. The lowest BCUT2D eigenvalue weighted by molar-refractivity contribution is -0.142. The van der Waals surface area contributed by atoms with Gasteiger partial charge < -0.3 is 10.4 Å². The number of aryl methyl sites for hydroxylation is 1. The number of aliphatic carboxylic acids is 1. The molecular weight excluding hydrogens is 258 g/mol. The molecule has 2 N–H and O–H groups in total. The van der Waals surface area contributed by atoms with Gasteiger partial charge >= 0.3 is 5.97 Å². The lowest BCUT2D eigenvalue weighted by atomic mass is 10.1. The van der Waals surface area contributed by atoms with E-state index >= 15 is 0 Å². The molecule has 1 aliphatic carbocycles. The summed E-state index contributed by atoms with van der Waals surface area (Å²) in [5.74, 6) is 1.19. The molecular formula is C13H15N5O2. The van der Waals surface area contributed by atoms with Gasteiger partial charge in [0, 0.05) is 25.1 Å². The van der Waals surface area contributed by atoms with Crippen LogP contribution in [-0.2, 0) is 4.79 Å². The van der Waals surface area contributed by atoms with Crippen molar-refractivity contribution in [2.45, 2.75) is 19.8 Å². The maximum absolute atomic E-state index is 11.1. The fourth-order valence-corrected chi connectivity index (χ4v) is 2.03. The summed E-state index contributed by atoms with van der Waals surface area (Å²) in [6.07, 6.45) is 6.54. The minimum atomic E-state index is -0.746. The van der Waals surface area contributed by atoms with Crippen molar-refractivity contribution >= 4 is 11.8 Å². The van der Waals surface area contributed by atoms with Crippen molar-refractivity contribution in [3.05, 3.63) is 30.5 Å². The Morgan fingerprint density at radius 2 is 2.25 bits per heavy atom. The van der Waals surface area contributed by atoms with Gasteiger partial charge in [0.25, 0.3) is 0 Å². The van der Waals surface area contributed by atoms with E-state index in [4.69, 9.17) is 5.11 Å². The summed E-state index contributed by atoms with van der Waals surface area (Å²) in [4.78, 5) is 23.8. The number of anilines is 1. The Morgan fingerprint density at radius 3 is 2.85 bits per heavy atom. The number of aromatic nitrogens is 4. The molecule has 0 aliphatic heterocycles. The number of nitrogens with zero attached hydrogens (tertiary/aromatic N) is 4. The number of hydrogen-bond acceptors (Lipinski definition) is 5. The first-order valence-corrected chi connectivity index (χ1v) is 6.41. The van der Waals surface area contributed by atoms with Crippen LogP contribution in [0, 0.1) is 12.3 Å². The lowest BCUT2D eigenvalue weighted by Gasteiger charge is -2.12. The normalized spacial score (nSPS) is 15.8. The predicted molar refractivity (Wildman–Crippen MR) is 71.7 cm³/mol. The second-order valence-corrected chi connectivity index (χ2v) is 5.03. The Hall–Kier alpha value is -2.44. The third-order valence-corrected chi connectivity index (χ3v) is 3.60. The van der Waals surface area contributed by atoms with Gasteiger partial charge in [-0.2, -0.15) is 4.98 Å². The zero-order valence-electron chi connectivity index (χ0n) is 11.1. The van der Waals surface area contributed by atoms with Crippen LogP contribution >= 0.6 is 0 Å². The Balaban J connectivity index is 1.75. The Labute approximate surface area is 115 Å². The highest BCUT2D eigenvalue weighted by atomic mass is 16.4. The van der Waals surface area contributed by atoms with Crippen molar-refractivity contribution in [3.8, 4) is 5.95 Å². The van der Waals surface area contributed by atoms with E-state index < -0.39 is 11.4 Å². The summed E-state index contributed by atoms with van der Waals surface area (Å²) in [6.45, 7) is 2.26. The van der Waals surface area contributed by atoms with Crippen molar-refractivity contribution in [1.29, 1.82) is 0 Å². The number of imidazole rings is 1. The maximum Gasteiger partial charge on any atom is 0.311 e. The third kappa shape index (κ3) is 2.22. The third-order valence-electron chi connectivity index (χ3n) is 3.60. The van der Waals surface area contributed by atoms with Gasteiger partial charge in [0.05, 0.1) is 5.41 Å². The average molecular weight is 273 g/mol. The fourth-order valence-electron chi connectivity index (χ4n) is 2.03. The number of rotatable bonds is 5. The molecule has 0 aromatic carbocycles. The van der Waals surface area contributed by atoms with Crippen LogP contribution in [0.3, 0.4) is 0 Å². The van der Waals surface area contributed by atoms with Crippen LogP contribution in [-0.4, -0.2) is 37.1 Å². The van der Waals surface area contributed by atoms with E-state index in [9.17, 15) is 4.79 Å². The van der Waals surface area contributed by atoms with E-state index in [0.717, 1.165) is 5.82 Å². The number of nitrogens with one attached hydrogen (secondary N) is 1. The predicted octanol–water partition coefficient (Wildman–Crippen LogP) is 1.25. The van der Waals surface area contributed by atoms with Crippen molar-refractivity contribution in [2.75, 3.05) is 11.9 Å². The molecule has 2 aromatic heterocycles. The summed E-state index contributed by atoms with van der Waals surface area (Å²) < 4.78 is 1.77. The highest BCUT2D eigenvalue weighted by molar-refractivity contribution is 5.78. The monoisotopic (exact) mass is 273 g/mol. The van der Waals surface area contributed by atoms with E-state index in [0.29, 0.717) is 31.2 Å². The van der Waals surface area contributed by atoms with Crippen LogP contribution in [0.5, 0.6) is 0 Å². The molecule has 2 aromatic rings. The maximum atomic E-state index is 11.1. The smallest absolute Gasteiger partial charge is 0.311 e. The molecule has 20 heavy (non-hydrogen) atoms. The van der Waals surface area contributed by atoms with Gasteiger partial charge in [0.2, 0.25) is 5.95 Å². The molecule has 104 valence electrons. The SMILES string of the molecule is Cc1nccn1-c1nccc(NCC2(C(=O)O)CC2)n1. The number of carboxylic acid groups (broad SMARTS) is 1. The van der Waals surface area contributed by atoms with Gasteiger partial charge in [-0.15, -0.1) is 0 Å². The molecule has 2 heterocycles. The quantitative estimate of drug-likeness (QED) is 0.851. The van der Waals surface area contributed by atoms with Crippen LogP contribution in [0.2, 0.25) is 0 Å². The number of carbonyl (C=O) groups is 1. The van der Waals surface area contributed by atoms with Gasteiger partial charge in [0.15, 0.2) is 0 Å². The summed E-state index contributed by atoms with van der Waals surface area (Å²) in [5.41, 5.74) is -0.615. The Morgan fingerprint density at radius 1 is 1.45 bits per heavy atom. The first-order chi connectivity index (χ1) is 9.61. The van der Waals surface area contributed by atoms with Crippen molar-refractivity contribution in [2.24, 2.45) is 5.41 Å². The standard InChI is InChI=1S/C13H15N5O2/c1-9-14-6-7-18(9)12-15-5-2-10(17-12)16-8-13(3-4-13)11(19)20/h2,5-7H,3-4,8H2,1H3,(H,19,20)(H,15,16,17). The van der Waals surface area contributed by atoms with E-state index in [1.54, 1.807) is 29.2 Å². The molecule has 3 rings (SSSR count). The highest BCUT2D eigenvalue weighted by Crippen LogP contribution is 2.45. The molecule has 1 fully saturated rings. The zero-order chi connectivity index (χ0) is 14.2. The molecule has 0 radical (unpaired) electrons. The summed E-state index contributed by atoms with van der Waals surface area (Å²) in [6, 6.07) is 1.73. The molecule has 0 bridgehead atoms. The molecule has 1 aliphatic rings. The summed E-state index contributed by atoms with van der Waals surface area (Å²) in [5, 5.41) is 12.2. The van der Waals surface area contributed by atoms with Gasteiger partial charge in [-0.3, -0.25) is 9.36 Å². The highest BCUT2D eigenvalue weighted by Gasteiger charge is 2.50. The van der Waals surface area contributed by atoms with Gasteiger partial charge in [-0.05, 0) is 25.8 Å². The molecule has 0 unspecified atom stereocenters. The zero-order valence-corrected chi connectivity index (χ0v) is 11.1. The van der Waals surface area contributed by atoms with Crippen molar-refractivity contribution in [1.82, 2.24) is 19.5 Å². The minimum Gasteiger partial charge on any atom is -0.481 e. The van der Waals surface area contributed by atoms with Crippen molar-refractivity contribution in [3.63, 3.8) is 0 Å². The van der Waals surface area contributed by atoms with Gasteiger partial charge in [-0.1, -0.05) is 0 Å². The Bertz CT molecular complexity index is 648. The van der Waals surface area contributed by atoms with E-state index in [-0.39, 0.29) is 0 Å². The van der Waals surface area contributed by atoms with E-state index in [1.165, 1.54) is 0 Å². The first-order valence-electron chi connectivity index (χ1n) is 6.41. The molecule has 7 nitrogen and oxygen atoms in total. The second-order valence-electron chi connectivity index (χ2n) is 5.03. The van der Waals surface area contributed by atoms with Gasteiger partial charge in [0.1, 0.15) is 11.6 Å². The van der Waals surface area contributed by atoms with Crippen molar-refractivity contribution < 1.29 is 9.90 Å². The van der Waals surface area contributed by atoms with E-state index in [1.807, 2.05) is 6.92 Å². The minimum absolute atomic E-state index is 0.391. The van der Waals surface area contributed by atoms with Crippen LogP contribution in [0.4, 0.5) is 5.82 Å². The van der Waals surface area contributed by atoms with Crippen LogP contribution in [0.1, 0.15) is 18.7 Å². The number of carboxylic acids is 1. The number of hydrogen-bond donors (Lipinski definition) is 2. The van der Waals surface area contributed by atoms with Crippen LogP contribution in [0.25, 0.3) is 5.95 Å². The summed E-state index contributed by atoms with van der Waals surface area (Å²) >= 11 is 0. The van der Waals surface area contributed by atoms with Crippen LogP contribution in [0.15, 0.2) is 24.7 Å². The summed E-state index contributed by atoms with van der Waals surface area (Å²) in [7, 11) is 0. The lowest BCUT2D eigenvalue weighted by Crippen LogP contribution is -2.24. The molecule has 0 saturated heterocycles. The fraction of sp³-hybridized carbons (Fsp3) is 0.385. The molecule has 0 spiro atoms.